The van der Waals surface area contributed by atoms with Crippen molar-refractivity contribution in [2.75, 3.05) is 0 Å². The molecule has 0 rings (SSSR count). The van der Waals surface area contributed by atoms with E-state index in [9.17, 15) is 5.11 Å². The Hall–Kier alpha value is -0.0400. The van der Waals surface area contributed by atoms with Crippen molar-refractivity contribution in [3.05, 3.63) is 0 Å². The van der Waals surface area contributed by atoms with Gasteiger partial charge in [-0.15, -0.1) is 0 Å². The summed E-state index contributed by atoms with van der Waals surface area (Å²) in [5.41, 5.74) is -0.648. The average Bonchev–Trinajstić information content (AvgIpc) is 1.84. The Morgan fingerprint density at radius 1 is 1.10 bits per heavy atom. The van der Waals surface area contributed by atoms with Gasteiger partial charge >= 0.3 is 0 Å². The van der Waals surface area contributed by atoms with E-state index in [2.05, 4.69) is 13.8 Å². The van der Waals surface area contributed by atoms with Gasteiger partial charge in [0.15, 0.2) is 0 Å². The predicted molar refractivity (Wildman–Crippen MR) is 43.5 cm³/mol. The van der Waals surface area contributed by atoms with Gasteiger partial charge in [-0.1, -0.05) is 33.1 Å². The first kappa shape index (κ1) is 9.96. The number of hydrogen-bond acceptors (Lipinski definition) is 0. The Bertz CT molecular complexity index is 76.8. The molecular weight excluding hydrogens is 124 g/mol. The van der Waals surface area contributed by atoms with Crippen LogP contribution in [0.5, 0.6) is 0 Å². The quantitative estimate of drug-likeness (QED) is 0.563. The van der Waals surface area contributed by atoms with Gasteiger partial charge in [0.2, 0.25) is 0 Å². The van der Waals surface area contributed by atoms with Crippen LogP contribution in [0.25, 0.3) is 0 Å². The first-order valence-corrected chi connectivity index (χ1v) is 4.33. The largest absolute Gasteiger partial charge is 0.230 e. The monoisotopic (exact) mass is 143 g/mol. The summed E-state index contributed by atoms with van der Waals surface area (Å²) < 4.78 is 0. The molecule has 1 atom stereocenters. The minimum absolute atomic E-state index is 0.648. The molecular formula is C9H19O. The van der Waals surface area contributed by atoms with Crippen LogP contribution >= 0.6 is 0 Å². The molecule has 61 valence electrons. The summed E-state index contributed by atoms with van der Waals surface area (Å²) in [6.45, 7) is 6.02. The molecule has 0 aliphatic rings. The van der Waals surface area contributed by atoms with E-state index in [-0.39, 0.29) is 0 Å². The smallest absolute Gasteiger partial charge is 0.101 e. The molecule has 1 radical (unpaired) electrons. The fraction of sp³-hybridized carbons (Fsp3) is 1.00. The van der Waals surface area contributed by atoms with Gasteiger partial charge in [0.05, 0.1) is 0 Å². The van der Waals surface area contributed by atoms with Gasteiger partial charge in [-0.25, -0.2) is 5.11 Å². The van der Waals surface area contributed by atoms with Gasteiger partial charge in [-0.3, -0.25) is 0 Å². The summed E-state index contributed by atoms with van der Waals surface area (Å²) in [6.07, 6.45) is 4.91. The molecule has 0 fully saturated rings. The van der Waals surface area contributed by atoms with Gasteiger partial charge in [-0.2, -0.15) is 0 Å². The van der Waals surface area contributed by atoms with E-state index in [4.69, 9.17) is 0 Å². The molecule has 0 amide bonds. The molecule has 0 aromatic rings. The molecule has 10 heavy (non-hydrogen) atoms. The molecule has 0 bridgehead atoms. The molecule has 0 spiro atoms. The Labute approximate surface area is 64.5 Å². The van der Waals surface area contributed by atoms with Gasteiger partial charge in [-0.05, 0) is 19.8 Å². The van der Waals surface area contributed by atoms with Crippen LogP contribution in [0, 0.1) is 0 Å². The van der Waals surface area contributed by atoms with E-state index in [0.717, 1.165) is 32.1 Å². The van der Waals surface area contributed by atoms with E-state index >= 15 is 0 Å². The average molecular weight is 143 g/mol. The SMILES string of the molecule is CCCCC(C)([O])CCC. The molecule has 0 N–H and O–H groups in total. The predicted octanol–water partition coefficient (Wildman–Crippen LogP) is 3.17. The van der Waals surface area contributed by atoms with Gasteiger partial charge in [0.25, 0.3) is 0 Å². The first-order valence-electron chi connectivity index (χ1n) is 4.33. The van der Waals surface area contributed by atoms with Crippen LogP contribution in [-0.4, -0.2) is 5.60 Å². The summed E-state index contributed by atoms with van der Waals surface area (Å²) in [4.78, 5) is 0. The van der Waals surface area contributed by atoms with Crippen LogP contribution in [0.1, 0.15) is 52.9 Å². The molecule has 1 heteroatoms. The molecule has 1 unspecified atom stereocenters. The van der Waals surface area contributed by atoms with Crippen molar-refractivity contribution in [3.8, 4) is 0 Å². The summed E-state index contributed by atoms with van der Waals surface area (Å²) in [5.74, 6) is 0. The highest BCUT2D eigenvalue weighted by molar-refractivity contribution is 4.70. The van der Waals surface area contributed by atoms with Crippen molar-refractivity contribution in [3.63, 3.8) is 0 Å². The molecule has 0 aromatic carbocycles. The molecule has 0 heterocycles. The van der Waals surface area contributed by atoms with Crippen molar-refractivity contribution in [2.45, 2.75) is 58.5 Å². The lowest BCUT2D eigenvalue weighted by atomic mass is 9.94. The molecule has 0 saturated carbocycles. The lowest BCUT2D eigenvalue weighted by molar-refractivity contribution is -0.0293. The fourth-order valence-electron chi connectivity index (χ4n) is 1.20. The van der Waals surface area contributed by atoms with Crippen LogP contribution in [0.3, 0.4) is 0 Å². The maximum atomic E-state index is 11.5. The Balaban J connectivity index is 3.42. The first-order chi connectivity index (χ1) is 4.62. The molecule has 0 aliphatic carbocycles. The zero-order valence-corrected chi connectivity index (χ0v) is 7.44. The second-order valence-corrected chi connectivity index (χ2v) is 3.30. The lowest BCUT2D eigenvalue weighted by Crippen LogP contribution is -2.21. The zero-order valence-electron chi connectivity index (χ0n) is 7.44. The Morgan fingerprint density at radius 2 is 1.70 bits per heavy atom. The van der Waals surface area contributed by atoms with Crippen molar-refractivity contribution in [1.29, 1.82) is 0 Å². The zero-order chi connectivity index (χ0) is 8.04. The third-order valence-corrected chi connectivity index (χ3v) is 1.84. The molecule has 1 nitrogen and oxygen atoms in total. The van der Waals surface area contributed by atoms with E-state index in [1.165, 1.54) is 0 Å². The van der Waals surface area contributed by atoms with E-state index in [0.29, 0.717) is 0 Å². The Kier molecular flexibility index (Phi) is 4.71. The van der Waals surface area contributed by atoms with Crippen LogP contribution in [0.4, 0.5) is 0 Å². The Morgan fingerprint density at radius 3 is 2.10 bits per heavy atom. The third-order valence-electron chi connectivity index (χ3n) is 1.84. The van der Waals surface area contributed by atoms with Gasteiger partial charge in [0.1, 0.15) is 5.60 Å². The van der Waals surface area contributed by atoms with Crippen molar-refractivity contribution >= 4 is 0 Å². The highest BCUT2D eigenvalue weighted by atomic mass is 16.3. The van der Waals surface area contributed by atoms with Crippen molar-refractivity contribution in [1.82, 2.24) is 0 Å². The molecule has 0 saturated heterocycles. The standard InChI is InChI=1S/C9H19O/c1-4-6-8-9(3,10)7-5-2/h4-8H2,1-3H3. The molecule has 0 aromatic heterocycles. The number of rotatable bonds is 5. The normalized spacial score (nSPS) is 16.8. The van der Waals surface area contributed by atoms with E-state index < -0.39 is 5.60 Å². The summed E-state index contributed by atoms with van der Waals surface area (Å²) in [6, 6.07) is 0. The number of hydrogen-bond donors (Lipinski definition) is 0. The molecule has 0 aliphatic heterocycles. The van der Waals surface area contributed by atoms with E-state index in [1.807, 2.05) is 6.92 Å². The maximum absolute atomic E-state index is 11.5. The third kappa shape index (κ3) is 4.80. The highest BCUT2D eigenvalue weighted by Gasteiger charge is 2.19. The van der Waals surface area contributed by atoms with Crippen molar-refractivity contribution < 1.29 is 5.11 Å². The lowest BCUT2D eigenvalue weighted by Gasteiger charge is -2.18. The highest BCUT2D eigenvalue weighted by Crippen LogP contribution is 2.19. The second-order valence-electron chi connectivity index (χ2n) is 3.30. The second kappa shape index (κ2) is 4.73. The van der Waals surface area contributed by atoms with Crippen molar-refractivity contribution in [2.24, 2.45) is 0 Å². The minimum atomic E-state index is -0.648. The summed E-state index contributed by atoms with van der Waals surface area (Å²) in [7, 11) is 0. The maximum Gasteiger partial charge on any atom is 0.101 e. The van der Waals surface area contributed by atoms with Crippen LogP contribution in [-0.2, 0) is 5.11 Å². The topological polar surface area (TPSA) is 19.9 Å². The van der Waals surface area contributed by atoms with Crippen LogP contribution in [0.15, 0.2) is 0 Å². The minimum Gasteiger partial charge on any atom is -0.230 e. The van der Waals surface area contributed by atoms with E-state index in [1.54, 1.807) is 0 Å². The van der Waals surface area contributed by atoms with Crippen LogP contribution in [0.2, 0.25) is 0 Å². The summed E-state index contributed by atoms with van der Waals surface area (Å²) >= 11 is 0. The summed E-state index contributed by atoms with van der Waals surface area (Å²) in [5, 5.41) is 11.5. The van der Waals surface area contributed by atoms with Gasteiger partial charge < -0.3 is 0 Å². The number of unbranched alkanes of at least 4 members (excludes halogenated alkanes) is 1. The van der Waals surface area contributed by atoms with Gasteiger partial charge in [0, 0.05) is 0 Å². The van der Waals surface area contributed by atoms with Crippen LogP contribution < -0.4 is 0 Å². The fourth-order valence-corrected chi connectivity index (χ4v) is 1.20.